The summed E-state index contributed by atoms with van der Waals surface area (Å²) in [5, 5.41) is 9.62. The summed E-state index contributed by atoms with van der Waals surface area (Å²) in [5.74, 6) is 0.664. The Morgan fingerprint density at radius 2 is 2.18 bits per heavy atom. The van der Waals surface area contributed by atoms with Crippen LogP contribution in [0.5, 0.6) is 5.75 Å². The molecule has 0 saturated heterocycles. The Balaban J connectivity index is 2.41. The summed E-state index contributed by atoms with van der Waals surface area (Å²) in [4.78, 5) is 10.5. The van der Waals surface area contributed by atoms with Crippen molar-refractivity contribution in [1.29, 1.82) is 0 Å². The number of aliphatic carboxylic acids is 1. The Kier molecular flexibility index (Phi) is 3.04. The van der Waals surface area contributed by atoms with E-state index < -0.39 is 5.97 Å². The van der Waals surface area contributed by atoms with Crippen LogP contribution in [0.3, 0.4) is 0 Å². The fourth-order valence-electron chi connectivity index (χ4n) is 1.86. The minimum absolute atomic E-state index is 0.117. The molecule has 90 valence electrons. The van der Waals surface area contributed by atoms with Crippen molar-refractivity contribution in [2.75, 3.05) is 7.11 Å². The molecule has 0 saturated carbocycles. The van der Waals surface area contributed by atoms with Crippen molar-refractivity contribution in [2.45, 2.75) is 19.8 Å². The zero-order chi connectivity index (χ0) is 12.4. The predicted molar refractivity (Wildman–Crippen MR) is 63.5 cm³/mol. The van der Waals surface area contributed by atoms with Crippen molar-refractivity contribution >= 4 is 16.9 Å². The number of hydrogen-bond acceptors (Lipinski definition) is 3. The molecule has 1 heterocycles. The molecule has 0 radical (unpaired) electrons. The number of fused-ring (bicyclic) bond motifs is 1. The van der Waals surface area contributed by atoms with Crippen LogP contribution in [0.25, 0.3) is 11.0 Å². The third kappa shape index (κ3) is 2.41. The third-order valence-electron chi connectivity index (χ3n) is 2.61. The van der Waals surface area contributed by atoms with Gasteiger partial charge in [-0.2, -0.15) is 0 Å². The normalized spacial score (nSPS) is 10.7. The number of methoxy groups -OCH3 is 1. The molecule has 0 aliphatic heterocycles. The summed E-state index contributed by atoms with van der Waals surface area (Å²) in [5.41, 5.74) is 1.65. The Morgan fingerprint density at radius 1 is 1.41 bits per heavy atom. The zero-order valence-electron chi connectivity index (χ0n) is 9.82. The summed E-state index contributed by atoms with van der Waals surface area (Å²) >= 11 is 0. The second-order valence-corrected chi connectivity index (χ2v) is 3.97. The highest BCUT2D eigenvalue weighted by molar-refractivity contribution is 5.84. The van der Waals surface area contributed by atoms with Gasteiger partial charge in [-0.15, -0.1) is 0 Å². The van der Waals surface area contributed by atoms with Gasteiger partial charge in [-0.25, -0.2) is 0 Å². The molecule has 17 heavy (non-hydrogen) atoms. The van der Waals surface area contributed by atoms with Gasteiger partial charge in [0.25, 0.3) is 0 Å². The monoisotopic (exact) mass is 234 g/mol. The van der Waals surface area contributed by atoms with Gasteiger partial charge < -0.3 is 14.3 Å². The van der Waals surface area contributed by atoms with Gasteiger partial charge >= 0.3 is 5.97 Å². The van der Waals surface area contributed by atoms with E-state index in [1.165, 1.54) is 0 Å². The maximum absolute atomic E-state index is 10.5. The van der Waals surface area contributed by atoms with Crippen LogP contribution in [-0.4, -0.2) is 18.2 Å². The smallest absolute Gasteiger partial charge is 0.303 e. The van der Waals surface area contributed by atoms with E-state index in [-0.39, 0.29) is 6.42 Å². The molecule has 1 N–H and O–H groups in total. The van der Waals surface area contributed by atoms with Crippen LogP contribution < -0.4 is 4.74 Å². The molecule has 4 nitrogen and oxygen atoms in total. The quantitative estimate of drug-likeness (QED) is 0.883. The van der Waals surface area contributed by atoms with E-state index in [2.05, 4.69) is 0 Å². The van der Waals surface area contributed by atoms with E-state index in [0.717, 1.165) is 16.7 Å². The lowest BCUT2D eigenvalue weighted by Gasteiger charge is -2.04. The number of hydrogen-bond donors (Lipinski definition) is 1. The predicted octanol–water partition coefficient (Wildman–Crippen LogP) is 2.77. The largest absolute Gasteiger partial charge is 0.493 e. The van der Waals surface area contributed by atoms with Crippen molar-refractivity contribution in [2.24, 2.45) is 0 Å². The van der Waals surface area contributed by atoms with E-state index in [0.29, 0.717) is 17.8 Å². The Morgan fingerprint density at radius 3 is 2.82 bits per heavy atom. The van der Waals surface area contributed by atoms with Crippen LogP contribution in [0.1, 0.15) is 17.7 Å². The summed E-state index contributed by atoms with van der Waals surface area (Å²) in [6.07, 6.45) is 0.608. The maximum atomic E-state index is 10.5. The topological polar surface area (TPSA) is 59.7 Å². The number of ether oxygens (including phenoxy) is 1. The number of carbonyl (C=O) groups is 1. The van der Waals surface area contributed by atoms with Crippen molar-refractivity contribution in [3.63, 3.8) is 0 Å². The van der Waals surface area contributed by atoms with Crippen LogP contribution in [0.15, 0.2) is 22.6 Å². The minimum atomic E-state index is -0.799. The van der Waals surface area contributed by atoms with E-state index in [9.17, 15) is 4.79 Å². The molecule has 0 aliphatic carbocycles. The molecular formula is C13H14O4. The SMILES string of the molecule is COc1cc(CCC(=O)O)cc2cc(C)oc12. The first kappa shape index (κ1) is 11.5. The summed E-state index contributed by atoms with van der Waals surface area (Å²) < 4.78 is 10.8. The Bertz CT molecular complexity index is 554. The third-order valence-corrected chi connectivity index (χ3v) is 2.61. The fourth-order valence-corrected chi connectivity index (χ4v) is 1.86. The van der Waals surface area contributed by atoms with E-state index >= 15 is 0 Å². The van der Waals surface area contributed by atoms with Crippen molar-refractivity contribution < 1.29 is 19.1 Å². The highest BCUT2D eigenvalue weighted by atomic mass is 16.5. The standard InChI is InChI=1S/C13H14O4/c1-8-5-10-6-9(3-4-12(14)15)7-11(16-2)13(10)17-8/h5-7H,3-4H2,1-2H3,(H,14,15). The number of aryl methyl sites for hydroxylation is 2. The maximum Gasteiger partial charge on any atom is 0.303 e. The van der Waals surface area contributed by atoms with Gasteiger partial charge in [0.2, 0.25) is 0 Å². The van der Waals surface area contributed by atoms with Gasteiger partial charge in [0.05, 0.1) is 7.11 Å². The average molecular weight is 234 g/mol. The van der Waals surface area contributed by atoms with Gasteiger partial charge in [-0.05, 0) is 37.1 Å². The van der Waals surface area contributed by atoms with Crippen LogP contribution in [0.2, 0.25) is 0 Å². The van der Waals surface area contributed by atoms with Gasteiger partial charge in [-0.3, -0.25) is 4.79 Å². The van der Waals surface area contributed by atoms with Crippen molar-refractivity contribution in [1.82, 2.24) is 0 Å². The van der Waals surface area contributed by atoms with Crippen molar-refractivity contribution in [3.8, 4) is 5.75 Å². The zero-order valence-corrected chi connectivity index (χ0v) is 9.82. The van der Waals surface area contributed by atoms with Gasteiger partial charge in [0.15, 0.2) is 11.3 Å². The van der Waals surface area contributed by atoms with E-state index in [4.69, 9.17) is 14.3 Å². The van der Waals surface area contributed by atoms with Crippen LogP contribution in [0, 0.1) is 6.92 Å². The molecule has 0 fully saturated rings. The van der Waals surface area contributed by atoms with Gasteiger partial charge in [0, 0.05) is 11.8 Å². The second-order valence-electron chi connectivity index (χ2n) is 3.97. The molecule has 2 rings (SSSR count). The molecule has 4 heteroatoms. The number of rotatable bonds is 4. The molecule has 1 aromatic heterocycles. The first-order valence-electron chi connectivity index (χ1n) is 5.39. The number of carboxylic acid groups (broad SMARTS) is 1. The molecule has 0 aliphatic rings. The van der Waals surface area contributed by atoms with Crippen LogP contribution in [-0.2, 0) is 11.2 Å². The molecule has 0 amide bonds. The first-order chi connectivity index (χ1) is 8.10. The molecule has 0 spiro atoms. The Labute approximate surface area is 98.8 Å². The van der Waals surface area contributed by atoms with Gasteiger partial charge in [0.1, 0.15) is 5.76 Å². The lowest BCUT2D eigenvalue weighted by molar-refractivity contribution is -0.136. The lowest BCUT2D eigenvalue weighted by atomic mass is 10.1. The summed E-state index contributed by atoms with van der Waals surface area (Å²) in [6.45, 7) is 1.87. The molecular weight excluding hydrogens is 220 g/mol. The second kappa shape index (κ2) is 4.49. The Hall–Kier alpha value is -1.97. The number of benzene rings is 1. The molecule has 0 unspecified atom stereocenters. The first-order valence-corrected chi connectivity index (χ1v) is 5.39. The molecule has 0 atom stereocenters. The summed E-state index contributed by atoms with van der Waals surface area (Å²) in [6, 6.07) is 5.69. The van der Waals surface area contributed by atoms with Crippen LogP contribution in [0.4, 0.5) is 0 Å². The van der Waals surface area contributed by atoms with Gasteiger partial charge in [-0.1, -0.05) is 0 Å². The van der Waals surface area contributed by atoms with E-state index in [1.54, 1.807) is 7.11 Å². The fraction of sp³-hybridized carbons (Fsp3) is 0.308. The highest BCUT2D eigenvalue weighted by Gasteiger charge is 2.10. The number of furan rings is 1. The summed E-state index contributed by atoms with van der Waals surface area (Å²) in [7, 11) is 1.58. The number of carboxylic acids is 1. The van der Waals surface area contributed by atoms with E-state index in [1.807, 2.05) is 25.1 Å². The molecule has 0 bridgehead atoms. The average Bonchev–Trinajstić information content (AvgIpc) is 2.65. The molecule has 2 aromatic rings. The lowest BCUT2D eigenvalue weighted by Crippen LogP contribution is -1.97. The highest BCUT2D eigenvalue weighted by Crippen LogP contribution is 2.30. The van der Waals surface area contributed by atoms with Crippen LogP contribution >= 0.6 is 0 Å². The van der Waals surface area contributed by atoms with Crippen molar-refractivity contribution in [3.05, 3.63) is 29.5 Å². The minimum Gasteiger partial charge on any atom is -0.493 e. The molecule has 1 aromatic carbocycles.